The summed E-state index contributed by atoms with van der Waals surface area (Å²) in [6, 6.07) is 11.8. The van der Waals surface area contributed by atoms with Gasteiger partial charge in [-0.3, -0.25) is 0 Å². The van der Waals surface area contributed by atoms with E-state index in [1.165, 1.54) is 0 Å². The van der Waals surface area contributed by atoms with Crippen molar-refractivity contribution >= 4 is 23.1 Å². The first kappa shape index (κ1) is 9.99. The minimum Gasteiger partial charge on any atom is -0.340 e. The third-order valence-electron chi connectivity index (χ3n) is 2.09. The molecule has 0 amide bonds. The molecule has 0 unspecified atom stereocenters. The molecule has 0 atom stereocenters. The molecule has 0 aliphatic carbocycles. The maximum atomic E-state index is 5.89. The lowest BCUT2D eigenvalue weighted by Crippen LogP contribution is -1.93. The van der Waals surface area contributed by atoms with E-state index in [9.17, 15) is 0 Å². The van der Waals surface area contributed by atoms with Crippen molar-refractivity contribution in [2.24, 2.45) is 0 Å². The van der Waals surface area contributed by atoms with E-state index < -0.39 is 0 Å². The van der Waals surface area contributed by atoms with Crippen LogP contribution in [0.4, 0.5) is 11.5 Å². The van der Waals surface area contributed by atoms with Gasteiger partial charge >= 0.3 is 0 Å². The molecule has 3 heteroatoms. The minimum atomic E-state index is 0.689. The molecule has 0 saturated carbocycles. The lowest BCUT2D eigenvalue weighted by Gasteiger charge is -2.06. The molecule has 0 saturated heterocycles. The molecule has 0 radical (unpaired) electrons. The number of hydrogen-bond acceptors (Lipinski definition) is 2. The van der Waals surface area contributed by atoms with Crippen LogP contribution in [0.25, 0.3) is 0 Å². The number of hydrogen-bond donors (Lipinski definition) is 1. The number of benzene rings is 1. The zero-order valence-corrected chi connectivity index (χ0v) is 9.12. The largest absolute Gasteiger partial charge is 0.340 e. The Labute approximate surface area is 93.9 Å². The van der Waals surface area contributed by atoms with Crippen LogP contribution in [0.15, 0.2) is 42.6 Å². The van der Waals surface area contributed by atoms with E-state index in [0.29, 0.717) is 5.02 Å². The maximum absolute atomic E-state index is 5.89. The van der Waals surface area contributed by atoms with Crippen molar-refractivity contribution in [1.29, 1.82) is 0 Å². The summed E-state index contributed by atoms with van der Waals surface area (Å²) >= 11 is 5.89. The monoisotopic (exact) mass is 218 g/mol. The van der Waals surface area contributed by atoms with Crippen LogP contribution in [0.1, 0.15) is 5.56 Å². The standard InChI is InChI=1S/C12H11ClN2/c1-9-7-12(14-8-11(9)13)15-10-5-3-2-4-6-10/h2-8H,1H3,(H,14,15). The molecule has 1 aromatic heterocycles. The highest BCUT2D eigenvalue weighted by atomic mass is 35.5. The molecule has 0 spiro atoms. The zero-order chi connectivity index (χ0) is 10.7. The molecule has 0 fully saturated rings. The normalized spacial score (nSPS) is 10.0. The fourth-order valence-corrected chi connectivity index (χ4v) is 1.38. The number of anilines is 2. The molecule has 0 aliphatic heterocycles. The summed E-state index contributed by atoms with van der Waals surface area (Å²) in [6.07, 6.45) is 1.65. The van der Waals surface area contributed by atoms with E-state index in [1.807, 2.05) is 43.3 Å². The first-order valence-corrected chi connectivity index (χ1v) is 5.08. The molecule has 76 valence electrons. The first-order chi connectivity index (χ1) is 7.25. The second-order valence-corrected chi connectivity index (χ2v) is 3.72. The van der Waals surface area contributed by atoms with Gasteiger partial charge in [0, 0.05) is 11.9 Å². The molecule has 2 nitrogen and oxygen atoms in total. The van der Waals surface area contributed by atoms with Crippen LogP contribution in [0, 0.1) is 6.92 Å². The first-order valence-electron chi connectivity index (χ1n) is 4.70. The molecular weight excluding hydrogens is 208 g/mol. The molecule has 1 N–H and O–H groups in total. The lowest BCUT2D eigenvalue weighted by atomic mass is 10.3. The Hall–Kier alpha value is -1.54. The predicted octanol–water partition coefficient (Wildman–Crippen LogP) is 3.79. The summed E-state index contributed by atoms with van der Waals surface area (Å²) in [5.74, 6) is 0.808. The molecule has 1 aromatic carbocycles. The van der Waals surface area contributed by atoms with E-state index in [4.69, 9.17) is 11.6 Å². The Balaban J connectivity index is 2.22. The molecule has 2 aromatic rings. The van der Waals surface area contributed by atoms with Gasteiger partial charge in [0.2, 0.25) is 0 Å². The van der Waals surface area contributed by atoms with Crippen LogP contribution in [-0.4, -0.2) is 4.98 Å². The minimum absolute atomic E-state index is 0.689. The SMILES string of the molecule is Cc1cc(Nc2ccccc2)ncc1Cl. The summed E-state index contributed by atoms with van der Waals surface area (Å²) in [5, 5.41) is 3.89. The predicted molar refractivity (Wildman–Crippen MR) is 63.7 cm³/mol. The quantitative estimate of drug-likeness (QED) is 0.830. The van der Waals surface area contributed by atoms with Crippen molar-refractivity contribution in [1.82, 2.24) is 4.98 Å². The highest BCUT2D eigenvalue weighted by Crippen LogP contribution is 2.19. The Morgan fingerprint density at radius 1 is 1.20 bits per heavy atom. The van der Waals surface area contributed by atoms with Gasteiger partial charge < -0.3 is 5.32 Å². The molecular formula is C12H11ClN2. The Morgan fingerprint density at radius 3 is 2.60 bits per heavy atom. The van der Waals surface area contributed by atoms with Crippen molar-refractivity contribution in [3.63, 3.8) is 0 Å². The van der Waals surface area contributed by atoms with Crippen molar-refractivity contribution in [2.75, 3.05) is 5.32 Å². The van der Waals surface area contributed by atoms with Crippen LogP contribution in [0.5, 0.6) is 0 Å². The van der Waals surface area contributed by atoms with Gasteiger partial charge in [-0.25, -0.2) is 4.98 Å². The average molecular weight is 219 g/mol. The van der Waals surface area contributed by atoms with Gasteiger partial charge in [-0.2, -0.15) is 0 Å². The summed E-state index contributed by atoms with van der Waals surface area (Å²) < 4.78 is 0. The smallest absolute Gasteiger partial charge is 0.130 e. The number of pyridine rings is 1. The van der Waals surface area contributed by atoms with Crippen molar-refractivity contribution < 1.29 is 0 Å². The van der Waals surface area contributed by atoms with Crippen molar-refractivity contribution in [3.05, 3.63) is 53.2 Å². The van der Waals surface area contributed by atoms with Crippen LogP contribution >= 0.6 is 11.6 Å². The maximum Gasteiger partial charge on any atom is 0.130 e. The van der Waals surface area contributed by atoms with Crippen LogP contribution in [0.3, 0.4) is 0 Å². The molecule has 15 heavy (non-hydrogen) atoms. The van der Waals surface area contributed by atoms with Gasteiger partial charge in [0.05, 0.1) is 5.02 Å². The molecule has 2 rings (SSSR count). The van der Waals surface area contributed by atoms with Gasteiger partial charge in [-0.05, 0) is 30.7 Å². The van der Waals surface area contributed by atoms with E-state index >= 15 is 0 Å². The van der Waals surface area contributed by atoms with E-state index in [0.717, 1.165) is 17.1 Å². The summed E-state index contributed by atoms with van der Waals surface area (Å²) in [5.41, 5.74) is 2.04. The Morgan fingerprint density at radius 2 is 1.93 bits per heavy atom. The van der Waals surface area contributed by atoms with E-state index in [2.05, 4.69) is 10.3 Å². The van der Waals surface area contributed by atoms with Gasteiger partial charge in [0.25, 0.3) is 0 Å². The lowest BCUT2D eigenvalue weighted by molar-refractivity contribution is 1.27. The summed E-state index contributed by atoms with van der Waals surface area (Å²) in [6.45, 7) is 1.96. The molecule has 1 heterocycles. The topological polar surface area (TPSA) is 24.9 Å². The fourth-order valence-electron chi connectivity index (χ4n) is 1.28. The van der Waals surface area contributed by atoms with E-state index in [-0.39, 0.29) is 0 Å². The van der Waals surface area contributed by atoms with Gasteiger partial charge in [-0.15, -0.1) is 0 Å². The molecule has 0 aliphatic rings. The zero-order valence-electron chi connectivity index (χ0n) is 8.37. The van der Waals surface area contributed by atoms with Gasteiger partial charge in [0.1, 0.15) is 5.82 Å². The van der Waals surface area contributed by atoms with Gasteiger partial charge in [-0.1, -0.05) is 29.8 Å². The fraction of sp³-hybridized carbons (Fsp3) is 0.0833. The highest BCUT2D eigenvalue weighted by molar-refractivity contribution is 6.31. The van der Waals surface area contributed by atoms with Crippen molar-refractivity contribution in [3.8, 4) is 0 Å². The van der Waals surface area contributed by atoms with E-state index in [1.54, 1.807) is 6.20 Å². The number of nitrogens with zero attached hydrogens (tertiary/aromatic N) is 1. The average Bonchev–Trinajstić information content (AvgIpc) is 2.25. The number of rotatable bonds is 2. The number of nitrogens with one attached hydrogen (secondary N) is 1. The third kappa shape index (κ3) is 2.48. The highest BCUT2D eigenvalue weighted by Gasteiger charge is 1.98. The van der Waals surface area contributed by atoms with Gasteiger partial charge in [0.15, 0.2) is 0 Å². The second-order valence-electron chi connectivity index (χ2n) is 3.31. The van der Waals surface area contributed by atoms with Crippen LogP contribution < -0.4 is 5.32 Å². The Kier molecular flexibility index (Phi) is 2.88. The van der Waals surface area contributed by atoms with Crippen LogP contribution in [0.2, 0.25) is 5.02 Å². The Bertz CT molecular complexity index is 454. The summed E-state index contributed by atoms with van der Waals surface area (Å²) in [4.78, 5) is 4.19. The number of aromatic nitrogens is 1. The number of halogens is 1. The number of para-hydroxylation sites is 1. The number of aryl methyl sites for hydroxylation is 1. The second kappa shape index (κ2) is 4.32. The van der Waals surface area contributed by atoms with Crippen LogP contribution in [-0.2, 0) is 0 Å². The van der Waals surface area contributed by atoms with Crippen molar-refractivity contribution in [2.45, 2.75) is 6.92 Å². The molecule has 0 bridgehead atoms. The third-order valence-corrected chi connectivity index (χ3v) is 2.49. The summed E-state index contributed by atoms with van der Waals surface area (Å²) in [7, 11) is 0.